The first-order chi connectivity index (χ1) is 19.0. The summed E-state index contributed by atoms with van der Waals surface area (Å²) in [6.45, 7) is 1.26. The van der Waals surface area contributed by atoms with Crippen LogP contribution in [0.2, 0.25) is 0 Å². The van der Waals surface area contributed by atoms with Crippen molar-refractivity contribution >= 4 is 23.1 Å². The summed E-state index contributed by atoms with van der Waals surface area (Å²) in [5, 5.41) is 10.1. The van der Waals surface area contributed by atoms with E-state index >= 15 is 0 Å². The molecule has 1 aromatic carbocycles. The lowest BCUT2D eigenvalue weighted by molar-refractivity contribution is -0.274. The molecule has 2 bridgehead atoms. The average molecular weight is 558 g/mol. The van der Waals surface area contributed by atoms with Crippen molar-refractivity contribution in [1.82, 2.24) is 14.5 Å². The van der Waals surface area contributed by atoms with E-state index in [9.17, 15) is 22.8 Å². The third-order valence-electron chi connectivity index (χ3n) is 9.00. The number of ether oxygens (including phenoxy) is 2. The number of amides is 1. The van der Waals surface area contributed by atoms with Crippen molar-refractivity contribution < 1.29 is 37.3 Å². The molecule has 212 valence electrons. The molecule has 0 saturated heterocycles. The first-order valence-electron chi connectivity index (χ1n) is 13.5. The summed E-state index contributed by atoms with van der Waals surface area (Å²) in [4.78, 5) is 31.2. The van der Waals surface area contributed by atoms with Gasteiger partial charge in [0.25, 0.3) is 0 Å². The lowest BCUT2D eigenvalue weighted by Gasteiger charge is -2.52. The molecule has 2 aromatic heterocycles. The number of carbonyl (C=O) groups is 2. The largest absolute Gasteiger partial charge is 0.573 e. The van der Waals surface area contributed by atoms with E-state index in [1.807, 2.05) is 21.6 Å². The number of nitrogens with zero attached hydrogens (tertiary/aromatic N) is 3. The Bertz CT molecular complexity index is 1440. The summed E-state index contributed by atoms with van der Waals surface area (Å²) in [5.74, 6) is -0.207. The van der Waals surface area contributed by atoms with Crippen LogP contribution in [0.25, 0.3) is 11.0 Å². The molecule has 40 heavy (non-hydrogen) atoms. The van der Waals surface area contributed by atoms with Crippen molar-refractivity contribution in [2.45, 2.75) is 76.4 Å². The van der Waals surface area contributed by atoms with Crippen molar-refractivity contribution in [2.24, 2.45) is 5.41 Å². The zero-order valence-corrected chi connectivity index (χ0v) is 21.9. The van der Waals surface area contributed by atoms with Crippen LogP contribution in [0.1, 0.15) is 61.8 Å². The molecule has 3 aromatic rings. The lowest BCUT2D eigenvalue weighted by atomic mass is 9.57. The molecule has 0 unspecified atom stereocenters. The fourth-order valence-corrected chi connectivity index (χ4v) is 6.93. The van der Waals surface area contributed by atoms with Gasteiger partial charge in [0.05, 0.1) is 6.54 Å². The van der Waals surface area contributed by atoms with Crippen LogP contribution in [-0.2, 0) is 29.0 Å². The van der Waals surface area contributed by atoms with Gasteiger partial charge in [0.1, 0.15) is 17.0 Å². The van der Waals surface area contributed by atoms with E-state index in [-0.39, 0.29) is 23.6 Å². The maximum atomic E-state index is 13.6. The summed E-state index contributed by atoms with van der Waals surface area (Å²) in [6, 6.07) is 9.78. The van der Waals surface area contributed by atoms with Gasteiger partial charge in [-0.05, 0) is 85.8 Å². The minimum Gasteiger partial charge on any atom is -0.450 e. The highest BCUT2D eigenvalue weighted by Crippen LogP contribution is 2.55. The Morgan fingerprint density at radius 3 is 2.50 bits per heavy atom. The number of carboxylic acid groups (broad SMARTS) is 1. The molecular weight excluding hydrogens is 527 g/mol. The minimum absolute atomic E-state index is 0.0737. The molecule has 0 spiro atoms. The maximum absolute atomic E-state index is 13.6. The average Bonchev–Trinajstić information content (AvgIpc) is 3.21. The monoisotopic (exact) mass is 557 g/mol. The van der Waals surface area contributed by atoms with Gasteiger partial charge >= 0.3 is 12.5 Å². The van der Waals surface area contributed by atoms with Crippen molar-refractivity contribution in [3.05, 3.63) is 59.4 Å². The Balaban J connectivity index is 1.22. The van der Waals surface area contributed by atoms with E-state index in [2.05, 4.69) is 9.72 Å². The standard InChI is InChI=1S/C29H30F3N3O5/c30-29(31,32)39-20-4-1-3-19(15-20)17-35-23-18-34(14-6-21(23)22-5-2-13-33-25(22)35)24(36)16-27-7-10-28(11-8-27,12-9-27)40-26(37)38/h1-5,13,15H,6-12,14,16-18H2,(H,37,38). The number of alkyl halides is 3. The molecule has 4 aliphatic rings. The van der Waals surface area contributed by atoms with Crippen LogP contribution in [-0.4, -0.2) is 50.1 Å². The van der Waals surface area contributed by atoms with Crippen molar-refractivity contribution in [1.29, 1.82) is 0 Å². The molecular formula is C29H30F3N3O5. The van der Waals surface area contributed by atoms with E-state index in [0.29, 0.717) is 50.8 Å². The summed E-state index contributed by atoms with van der Waals surface area (Å²) in [5.41, 5.74) is 2.68. The molecule has 8 nitrogen and oxygen atoms in total. The number of carbonyl (C=O) groups excluding carboxylic acids is 1. The van der Waals surface area contributed by atoms with Crippen molar-refractivity contribution in [3.8, 4) is 5.75 Å². The zero-order valence-electron chi connectivity index (χ0n) is 21.9. The molecule has 3 heterocycles. The molecule has 1 aliphatic heterocycles. The summed E-state index contributed by atoms with van der Waals surface area (Å²) in [6.07, 6.45) is 1.01. The predicted molar refractivity (Wildman–Crippen MR) is 138 cm³/mol. The van der Waals surface area contributed by atoms with Crippen molar-refractivity contribution in [3.63, 3.8) is 0 Å². The first kappa shape index (κ1) is 26.5. The SMILES string of the molecule is O=C(O)OC12CCC(CC(=O)N3CCc4c(n(Cc5cccc(OC(F)(F)F)c5)c5ncccc45)C3)(CC1)CC2. The van der Waals surface area contributed by atoms with Gasteiger partial charge in [0.15, 0.2) is 0 Å². The fraction of sp³-hybridized carbons (Fsp3) is 0.483. The van der Waals surface area contributed by atoms with E-state index in [1.165, 1.54) is 18.2 Å². The second kappa shape index (κ2) is 9.71. The van der Waals surface area contributed by atoms with E-state index < -0.39 is 18.1 Å². The maximum Gasteiger partial charge on any atom is 0.573 e. The number of fused-ring (bicyclic) bond motifs is 6. The van der Waals surface area contributed by atoms with Crippen LogP contribution < -0.4 is 4.74 Å². The molecule has 1 N–H and O–H groups in total. The summed E-state index contributed by atoms with van der Waals surface area (Å²) in [7, 11) is 0. The minimum atomic E-state index is -4.78. The Kier molecular flexibility index (Phi) is 6.42. The van der Waals surface area contributed by atoms with Gasteiger partial charge in [0.2, 0.25) is 5.91 Å². The van der Waals surface area contributed by atoms with Gasteiger partial charge in [0, 0.05) is 36.8 Å². The van der Waals surface area contributed by atoms with Crippen molar-refractivity contribution in [2.75, 3.05) is 6.54 Å². The van der Waals surface area contributed by atoms with Gasteiger partial charge in [-0.25, -0.2) is 9.78 Å². The molecule has 0 atom stereocenters. The van der Waals surface area contributed by atoms with Crippen LogP contribution in [0.3, 0.4) is 0 Å². The highest BCUT2D eigenvalue weighted by molar-refractivity contribution is 5.84. The zero-order chi connectivity index (χ0) is 28.1. The quantitative estimate of drug-likeness (QED) is 0.371. The van der Waals surface area contributed by atoms with E-state index in [4.69, 9.17) is 9.84 Å². The van der Waals surface area contributed by atoms with E-state index in [1.54, 1.807) is 12.3 Å². The van der Waals surface area contributed by atoms with Gasteiger partial charge < -0.3 is 24.0 Å². The Hall–Kier alpha value is -3.76. The molecule has 3 saturated carbocycles. The smallest absolute Gasteiger partial charge is 0.450 e. The number of hydrogen-bond donors (Lipinski definition) is 1. The van der Waals surface area contributed by atoms with E-state index in [0.717, 1.165) is 41.6 Å². The fourth-order valence-electron chi connectivity index (χ4n) is 6.93. The third-order valence-corrected chi connectivity index (χ3v) is 9.00. The topological polar surface area (TPSA) is 93.9 Å². The predicted octanol–water partition coefficient (Wildman–Crippen LogP) is 6.05. The molecule has 11 heteroatoms. The number of aromatic nitrogens is 2. The van der Waals surface area contributed by atoms with Gasteiger partial charge in [-0.15, -0.1) is 13.2 Å². The van der Waals surface area contributed by atoms with Crippen LogP contribution in [0, 0.1) is 5.41 Å². The van der Waals surface area contributed by atoms with Gasteiger partial charge in [-0.2, -0.15) is 0 Å². The Morgan fingerprint density at radius 2 is 1.80 bits per heavy atom. The number of halogens is 3. The molecule has 1 amide bonds. The number of rotatable bonds is 6. The summed E-state index contributed by atoms with van der Waals surface area (Å²) >= 11 is 0. The second-order valence-electron chi connectivity index (χ2n) is 11.4. The highest BCUT2D eigenvalue weighted by atomic mass is 19.4. The van der Waals surface area contributed by atoms with Crippen LogP contribution in [0.5, 0.6) is 5.75 Å². The Morgan fingerprint density at radius 1 is 1.05 bits per heavy atom. The van der Waals surface area contributed by atoms with Crippen LogP contribution in [0.15, 0.2) is 42.6 Å². The molecule has 7 rings (SSSR count). The normalized spacial score (nSPS) is 24.1. The summed E-state index contributed by atoms with van der Waals surface area (Å²) < 4.78 is 49.7. The van der Waals surface area contributed by atoms with Gasteiger partial charge in [-0.1, -0.05) is 12.1 Å². The lowest BCUT2D eigenvalue weighted by Crippen LogP contribution is -2.50. The second-order valence-corrected chi connectivity index (χ2v) is 11.4. The Labute approximate surface area is 228 Å². The molecule has 3 fully saturated rings. The molecule has 3 aliphatic carbocycles. The first-order valence-corrected chi connectivity index (χ1v) is 13.5. The van der Waals surface area contributed by atoms with Crippen LogP contribution >= 0.6 is 0 Å². The third kappa shape index (κ3) is 5.09. The van der Waals surface area contributed by atoms with Gasteiger partial charge in [-0.3, -0.25) is 4.79 Å². The number of pyridine rings is 1. The highest BCUT2D eigenvalue weighted by Gasteiger charge is 2.52. The number of hydrogen-bond acceptors (Lipinski definition) is 5. The number of benzene rings is 1. The molecule has 0 radical (unpaired) electrons. The van der Waals surface area contributed by atoms with Crippen LogP contribution in [0.4, 0.5) is 18.0 Å².